The molecule has 0 aliphatic carbocycles. The van der Waals surface area contributed by atoms with Crippen LogP contribution in [0.3, 0.4) is 0 Å². The van der Waals surface area contributed by atoms with Crippen molar-refractivity contribution >= 4 is 11.3 Å². The lowest BCUT2D eigenvalue weighted by Crippen LogP contribution is -2.47. The smallest absolute Gasteiger partial charge is 0.0648 e. The molecule has 0 unspecified atom stereocenters. The van der Waals surface area contributed by atoms with E-state index in [1.807, 2.05) is 11.3 Å². The maximum absolute atomic E-state index is 5.94. The van der Waals surface area contributed by atoms with Crippen LogP contribution in [-0.2, 0) is 5.54 Å². The Morgan fingerprint density at radius 1 is 1.50 bits per heavy atom. The van der Waals surface area contributed by atoms with Gasteiger partial charge in [-0.25, -0.2) is 0 Å². The monoisotopic (exact) mass is 210 g/mol. The van der Waals surface area contributed by atoms with Crippen molar-refractivity contribution in [2.45, 2.75) is 25.3 Å². The van der Waals surface area contributed by atoms with Gasteiger partial charge in [0.05, 0.1) is 5.54 Å². The second-order valence-corrected chi connectivity index (χ2v) is 5.10. The van der Waals surface area contributed by atoms with Crippen LogP contribution >= 0.6 is 11.3 Å². The van der Waals surface area contributed by atoms with E-state index in [9.17, 15) is 0 Å². The van der Waals surface area contributed by atoms with Gasteiger partial charge in [0.2, 0.25) is 0 Å². The van der Waals surface area contributed by atoms with Crippen LogP contribution in [0.25, 0.3) is 0 Å². The zero-order chi connectivity index (χ0) is 10.0. The van der Waals surface area contributed by atoms with Crippen molar-refractivity contribution in [2.75, 3.05) is 19.6 Å². The van der Waals surface area contributed by atoms with E-state index in [0.717, 1.165) is 0 Å². The highest BCUT2D eigenvalue weighted by molar-refractivity contribution is 7.10. The molecule has 3 heteroatoms. The number of rotatable bonds is 3. The Kier molecular flexibility index (Phi) is 2.91. The fraction of sp³-hybridized carbons (Fsp3) is 0.636. The largest absolute Gasteiger partial charge is 0.328 e. The van der Waals surface area contributed by atoms with E-state index >= 15 is 0 Å². The molecular weight excluding hydrogens is 192 g/mol. The molecule has 2 rings (SSSR count). The molecule has 2 heterocycles. The molecule has 1 aromatic heterocycles. The maximum atomic E-state index is 5.94. The lowest BCUT2D eigenvalue weighted by molar-refractivity contribution is 0.147. The van der Waals surface area contributed by atoms with Crippen molar-refractivity contribution in [1.82, 2.24) is 4.90 Å². The van der Waals surface area contributed by atoms with Crippen LogP contribution in [0.15, 0.2) is 17.5 Å². The Bertz CT molecular complexity index is 277. The molecular formula is C11H18N2S. The molecule has 1 aromatic rings. The number of hydrogen-bond donors (Lipinski definition) is 1. The summed E-state index contributed by atoms with van der Waals surface area (Å²) in [4.78, 5) is 3.93. The summed E-state index contributed by atoms with van der Waals surface area (Å²) in [7, 11) is 0. The SMILES string of the molecule is C[C@](CN)(c1cccs1)N1CCCC1. The highest BCUT2D eigenvalue weighted by atomic mass is 32.1. The molecule has 78 valence electrons. The lowest BCUT2D eigenvalue weighted by Gasteiger charge is -2.37. The van der Waals surface area contributed by atoms with Crippen LogP contribution in [0.1, 0.15) is 24.6 Å². The molecule has 0 amide bonds. The number of likely N-dealkylation sites (tertiary alicyclic amines) is 1. The first-order valence-corrected chi connectivity index (χ1v) is 6.14. The number of nitrogens with zero attached hydrogens (tertiary/aromatic N) is 1. The topological polar surface area (TPSA) is 29.3 Å². The lowest BCUT2D eigenvalue weighted by atomic mass is 9.98. The molecule has 0 spiro atoms. The van der Waals surface area contributed by atoms with E-state index in [2.05, 4.69) is 29.3 Å². The number of nitrogens with two attached hydrogens (primary N) is 1. The highest BCUT2D eigenvalue weighted by Gasteiger charge is 2.34. The summed E-state index contributed by atoms with van der Waals surface area (Å²) >= 11 is 1.82. The molecule has 1 aliphatic heterocycles. The predicted octanol–water partition coefficient (Wildman–Crippen LogP) is 2.02. The van der Waals surface area contributed by atoms with Crippen LogP contribution in [0, 0.1) is 0 Å². The molecule has 0 bridgehead atoms. The Morgan fingerprint density at radius 2 is 2.21 bits per heavy atom. The van der Waals surface area contributed by atoms with E-state index in [1.165, 1.54) is 30.8 Å². The van der Waals surface area contributed by atoms with E-state index in [4.69, 9.17) is 5.73 Å². The first-order chi connectivity index (χ1) is 6.77. The summed E-state index contributed by atoms with van der Waals surface area (Å²) < 4.78 is 0. The van der Waals surface area contributed by atoms with Gasteiger partial charge in [-0.3, -0.25) is 4.90 Å². The summed E-state index contributed by atoms with van der Waals surface area (Å²) in [6, 6.07) is 4.32. The molecule has 0 aromatic carbocycles. The fourth-order valence-corrected chi connectivity index (χ4v) is 3.11. The van der Waals surface area contributed by atoms with E-state index in [-0.39, 0.29) is 5.54 Å². The van der Waals surface area contributed by atoms with Crippen molar-refractivity contribution in [3.63, 3.8) is 0 Å². The van der Waals surface area contributed by atoms with Crippen molar-refractivity contribution < 1.29 is 0 Å². The molecule has 1 atom stereocenters. The zero-order valence-corrected chi connectivity index (χ0v) is 9.52. The Morgan fingerprint density at radius 3 is 2.71 bits per heavy atom. The quantitative estimate of drug-likeness (QED) is 0.827. The first kappa shape index (κ1) is 10.1. The van der Waals surface area contributed by atoms with Crippen LogP contribution < -0.4 is 5.73 Å². The first-order valence-electron chi connectivity index (χ1n) is 5.26. The maximum Gasteiger partial charge on any atom is 0.0648 e. The fourth-order valence-electron chi connectivity index (χ4n) is 2.18. The molecule has 2 N–H and O–H groups in total. The van der Waals surface area contributed by atoms with Crippen molar-refractivity contribution in [3.05, 3.63) is 22.4 Å². The van der Waals surface area contributed by atoms with E-state index < -0.39 is 0 Å². The summed E-state index contributed by atoms with van der Waals surface area (Å²) in [5.74, 6) is 0. The minimum atomic E-state index is 0.0741. The summed E-state index contributed by atoms with van der Waals surface area (Å²) in [5, 5.41) is 2.14. The third-order valence-electron chi connectivity index (χ3n) is 3.25. The van der Waals surface area contributed by atoms with Crippen molar-refractivity contribution in [3.8, 4) is 0 Å². The van der Waals surface area contributed by atoms with Gasteiger partial charge in [-0.05, 0) is 44.3 Å². The Hall–Kier alpha value is -0.380. The summed E-state index contributed by atoms with van der Waals surface area (Å²) in [6.45, 7) is 5.38. The second-order valence-electron chi connectivity index (χ2n) is 4.15. The predicted molar refractivity (Wildman–Crippen MR) is 61.5 cm³/mol. The molecule has 1 saturated heterocycles. The van der Waals surface area contributed by atoms with E-state index in [1.54, 1.807) is 0 Å². The molecule has 14 heavy (non-hydrogen) atoms. The van der Waals surface area contributed by atoms with Gasteiger partial charge >= 0.3 is 0 Å². The molecule has 1 fully saturated rings. The van der Waals surface area contributed by atoms with Gasteiger partial charge in [-0.1, -0.05) is 6.07 Å². The van der Waals surface area contributed by atoms with Gasteiger partial charge < -0.3 is 5.73 Å². The summed E-state index contributed by atoms with van der Waals surface area (Å²) in [6.07, 6.45) is 2.64. The Labute approximate surface area is 89.7 Å². The third kappa shape index (κ3) is 1.60. The van der Waals surface area contributed by atoms with Gasteiger partial charge in [0.25, 0.3) is 0 Å². The highest BCUT2D eigenvalue weighted by Crippen LogP contribution is 2.33. The zero-order valence-electron chi connectivity index (χ0n) is 8.70. The number of hydrogen-bond acceptors (Lipinski definition) is 3. The third-order valence-corrected chi connectivity index (χ3v) is 4.38. The average molecular weight is 210 g/mol. The van der Waals surface area contributed by atoms with Crippen LogP contribution in [-0.4, -0.2) is 24.5 Å². The van der Waals surface area contributed by atoms with Gasteiger partial charge in [0, 0.05) is 11.4 Å². The molecule has 0 radical (unpaired) electrons. The van der Waals surface area contributed by atoms with Gasteiger partial charge in [0.15, 0.2) is 0 Å². The number of thiophene rings is 1. The molecule has 1 aliphatic rings. The van der Waals surface area contributed by atoms with Crippen LogP contribution in [0.2, 0.25) is 0 Å². The minimum absolute atomic E-state index is 0.0741. The standard InChI is InChI=1S/C11H18N2S/c1-11(9-12,10-5-4-8-14-10)13-6-2-3-7-13/h4-5,8H,2-3,6-7,9,12H2,1H3/t11-/m0/s1. The summed E-state index contributed by atoms with van der Waals surface area (Å²) in [5.41, 5.74) is 6.02. The van der Waals surface area contributed by atoms with Gasteiger partial charge in [0.1, 0.15) is 0 Å². The minimum Gasteiger partial charge on any atom is -0.328 e. The Balaban J connectivity index is 2.24. The van der Waals surface area contributed by atoms with Gasteiger partial charge in [-0.2, -0.15) is 0 Å². The van der Waals surface area contributed by atoms with Crippen molar-refractivity contribution in [1.29, 1.82) is 0 Å². The van der Waals surface area contributed by atoms with Crippen molar-refractivity contribution in [2.24, 2.45) is 5.73 Å². The van der Waals surface area contributed by atoms with Gasteiger partial charge in [-0.15, -0.1) is 11.3 Å². The molecule has 2 nitrogen and oxygen atoms in total. The second kappa shape index (κ2) is 4.01. The van der Waals surface area contributed by atoms with Crippen LogP contribution in [0.5, 0.6) is 0 Å². The van der Waals surface area contributed by atoms with E-state index in [0.29, 0.717) is 6.54 Å². The average Bonchev–Trinajstić information content (AvgIpc) is 2.88. The van der Waals surface area contributed by atoms with Crippen LogP contribution in [0.4, 0.5) is 0 Å². The normalized spacial score (nSPS) is 22.4. The molecule has 0 saturated carbocycles.